The smallest absolute Gasteiger partial charge is 0.312 e. The van der Waals surface area contributed by atoms with Gasteiger partial charge in [-0.15, -0.1) is 11.3 Å². The van der Waals surface area contributed by atoms with Crippen LogP contribution in [0.4, 0.5) is 0 Å². The van der Waals surface area contributed by atoms with E-state index in [9.17, 15) is 4.79 Å². The van der Waals surface area contributed by atoms with Crippen molar-refractivity contribution in [3.8, 4) is 0 Å². The third-order valence-electron chi connectivity index (χ3n) is 2.90. The van der Waals surface area contributed by atoms with Crippen LogP contribution in [0.25, 0.3) is 0 Å². The summed E-state index contributed by atoms with van der Waals surface area (Å²) >= 11 is 1.75. The number of hydrogen-bond donors (Lipinski definition) is 1. The number of nitrogens with zero attached hydrogens (tertiary/aromatic N) is 1. The Morgan fingerprint density at radius 3 is 3.00 bits per heavy atom. The van der Waals surface area contributed by atoms with Crippen molar-refractivity contribution in [2.75, 3.05) is 0 Å². The van der Waals surface area contributed by atoms with E-state index in [2.05, 4.69) is 29.4 Å². The third-order valence-corrected chi connectivity index (χ3v) is 3.84. The SMILES string of the molecule is CCCCc1c[nH]c(=O)n1CCc1cccs1. The van der Waals surface area contributed by atoms with E-state index in [0.717, 1.165) is 37.9 Å². The summed E-state index contributed by atoms with van der Waals surface area (Å²) in [5.41, 5.74) is 1.15. The number of H-pyrrole nitrogens is 1. The fourth-order valence-electron chi connectivity index (χ4n) is 1.92. The maximum absolute atomic E-state index is 11.7. The molecule has 0 bridgehead atoms. The van der Waals surface area contributed by atoms with Crippen LogP contribution in [0, 0.1) is 0 Å². The number of hydrogen-bond acceptors (Lipinski definition) is 2. The van der Waals surface area contributed by atoms with Gasteiger partial charge in [0, 0.05) is 23.3 Å². The zero-order chi connectivity index (χ0) is 12.1. The van der Waals surface area contributed by atoms with Crippen molar-refractivity contribution in [2.24, 2.45) is 0 Å². The van der Waals surface area contributed by atoms with Gasteiger partial charge < -0.3 is 4.98 Å². The van der Waals surface area contributed by atoms with Gasteiger partial charge in [0.1, 0.15) is 0 Å². The molecule has 4 heteroatoms. The van der Waals surface area contributed by atoms with Gasteiger partial charge >= 0.3 is 5.69 Å². The molecule has 0 aliphatic rings. The highest BCUT2D eigenvalue weighted by atomic mass is 32.1. The number of imidazole rings is 1. The lowest BCUT2D eigenvalue weighted by Gasteiger charge is -2.05. The van der Waals surface area contributed by atoms with Gasteiger partial charge in [-0.2, -0.15) is 0 Å². The monoisotopic (exact) mass is 250 g/mol. The predicted octanol–water partition coefficient (Wildman–Crippen LogP) is 2.82. The van der Waals surface area contributed by atoms with Crippen molar-refractivity contribution in [1.82, 2.24) is 9.55 Å². The van der Waals surface area contributed by atoms with Crippen LogP contribution in [0.1, 0.15) is 30.3 Å². The summed E-state index contributed by atoms with van der Waals surface area (Å²) in [5, 5.41) is 2.08. The van der Waals surface area contributed by atoms with Gasteiger partial charge in [0.05, 0.1) is 0 Å². The fraction of sp³-hybridized carbons (Fsp3) is 0.462. The van der Waals surface area contributed by atoms with Crippen LogP contribution in [-0.4, -0.2) is 9.55 Å². The minimum Gasteiger partial charge on any atom is -0.312 e. The summed E-state index contributed by atoms with van der Waals surface area (Å²) in [6.07, 6.45) is 6.07. The topological polar surface area (TPSA) is 37.8 Å². The Morgan fingerprint density at radius 1 is 1.41 bits per heavy atom. The van der Waals surface area contributed by atoms with E-state index in [0.29, 0.717) is 0 Å². The summed E-state index contributed by atoms with van der Waals surface area (Å²) < 4.78 is 1.87. The molecule has 1 N–H and O–H groups in total. The maximum atomic E-state index is 11.7. The van der Waals surface area contributed by atoms with Gasteiger partial charge in [0.25, 0.3) is 0 Å². The Hall–Kier alpha value is -1.29. The summed E-state index contributed by atoms with van der Waals surface area (Å²) in [5.74, 6) is 0. The number of nitrogens with one attached hydrogen (secondary N) is 1. The highest BCUT2D eigenvalue weighted by Gasteiger charge is 2.06. The second kappa shape index (κ2) is 5.87. The van der Waals surface area contributed by atoms with Crippen LogP contribution < -0.4 is 5.69 Å². The predicted molar refractivity (Wildman–Crippen MR) is 71.7 cm³/mol. The molecule has 0 spiro atoms. The van der Waals surface area contributed by atoms with Crippen LogP contribution in [0.5, 0.6) is 0 Å². The van der Waals surface area contributed by atoms with Crippen molar-refractivity contribution >= 4 is 11.3 Å². The standard InChI is InChI=1S/C13H18N2OS/c1-2-3-5-11-10-14-13(16)15(11)8-7-12-6-4-9-17-12/h4,6,9-10H,2-3,5,7-8H2,1H3,(H,14,16). The molecule has 17 heavy (non-hydrogen) atoms. The Balaban J connectivity index is 2.03. The van der Waals surface area contributed by atoms with Crippen LogP contribution in [0.15, 0.2) is 28.5 Å². The molecule has 0 aliphatic carbocycles. The number of unbranched alkanes of at least 4 members (excludes halogenated alkanes) is 1. The van der Waals surface area contributed by atoms with Crippen LogP contribution in [0.3, 0.4) is 0 Å². The van der Waals surface area contributed by atoms with E-state index < -0.39 is 0 Å². The number of aryl methyl sites for hydroxylation is 2. The molecule has 2 aromatic heterocycles. The molecule has 0 fully saturated rings. The second-order valence-corrected chi connectivity index (χ2v) is 5.20. The van der Waals surface area contributed by atoms with Crippen LogP contribution >= 0.6 is 11.3 Å². The molecule has 0 aromatic carbocycles. The molecule has 92 valence electrons. The first-order valence-electron chi connectivity index (χ1n) is 6.10. The van der Waals surface area contributed by atoms with Crippen LogP contribution in [-0.2, 0) is 19.4 Å². The van der Waals surface area contributed by atoms with Gasteiger partial charge in [0.15, 0.2) is 0 Å². The number of aromatic nitrogens is 2. The lowest BCUT2D eigenvalue weighted by molar-refractivity contribution is 0.627. The van der Waals surface area contributed by atoms with E-state index >= 15 is 0 Å². The van der Waals surface area contributed by atoms with E-state index in [4.69, 9.17) is 0 Å². The normalized spacial score (nSPS) is 10.9. The quantitative estimate of drug-likeness (QED) is 0.841. The van der Waals surface area contributed by atoms with Crippen molar-refractivity contribution in [3.63, 3.8) is 0 Å². The summed E-state index contributed by atoms with van der Waals surface area (Å²) in [6, 6.07) is 4.17. The number of rotatable bonds is 6. The Bertz CT molecular complexity index is 496. The van der Waals surface area contributed by atoms with Gasteiger partial charge in [-0.25, -0.2) is 4.79 Å². The Kier molecular flexibility index (Phi) is 4.20. The molecule has 2 heterocycles. The van der Waals surface area contributed by atoms with E-state index in [1.807, 2.05) is 10.8 Å². The first-order valence-corrected chi connectivity index (χ1v) is 6.98. The molecule has 2 rings (SSSR count). The highest BCUT2D eigenvalue weighted by molar-refractivity contribution is 7.09. The first kappa shape index (κ1) is 12.2. The summed E-state index contributed by atoms with van der Waals surface area (Å²) in [6.45, 7) is 2.95. The molecule has 2 aromatic rings. The number of aromatic amines is 1. The average molecular weight is 250 g/mol. The summed E-state index contributed by atoms with van der Waals surface area (Å²) in [4.78, 5) is 15.8. The zero-order valence-electron chi connectivity index (χ0n) is 10.1. The Labute approximate surface area is 105 Å². The van der Waals surface area contributed by atoms with E-state index in [1.165, 1.54) is 4.88 Å². The molecule has 3 nitrogen and oxygen atoms in total. The van der Waals surface area contributed by atoms with Crippen molar-refractivity contribution in [1.29, 1.82) is 0 Å². The molecule has 0 aliphatic heterocycles. The zero-order valence-corrected chi connectivity index (χ0v) is 10.9. The second-order valence-electron chi connectivity index (χ2n) is 4.17. The van der Waals surface area contributed by atoms with Gasteiger partial charge in [-0.05, 0) is 30.7 Å². The summed E-state index contributed by atoms with van der Waals surface area (Å²) in [7, 11) is 0. The van der Waals surface area contributed by atoms with Crippen molar-refractivity contribution in [2.45, 2.75) is 39.2 Å². The Morgan fingerprint density at radius 2 is 2.29 bits per heavy atom. The fourth-order valence-corrected chi connectivity index (χ4v) is 2.62. The van der Waals surface area contributed by atoms with Crippen LogP contribution in [0.2, 0.25) is 0 Å². The van der Waals surface area contributed by atoms with Gasteiger partial charge in [-0.3, -0.25) is 4.57 Å². The minimum atomic E-state index is 0.0210. The highest BCUT2D eigenvalue weighted by Crippen LogP contribution is 2.11. The molecule has 0 saturated heterocycles. The molecule has 0 unspecified atom stereocenters. The minimum absolute atomic E-state index is 0.0210. The van der Waals surface area contributed by atoms with E-state index in [-0.39, 0.29) is 5.69 Å². The third kappa shape index (κ3) is 3.09. The molecular formula is C13H18N2OS. The molecule has 0 saturated carbocycles. The van der Waals surface area contributed by atoms with E-state index in [1.54, 1.807) is 11.3 Å². The van der Waals surface area contributed by atoms with Crippen molar-refractivity contribution < 1.29 is 0 Å². The molecule has 0 amide bonds. The lowest BCUT2D eigenvalue weighted by atomic mass is 10.2. The number of thiophene rings is 1. The largest absolute Gasteiger partial charge is 0.325 e. The maximum Gasteiger partial charge on any atom is 0.325 e. The van der Waals surface area contributed by atoms with Gasteiger partial charge in [0.2, 0.25) is 0 Å². The lowest BCUT2D eigenvalue weighted by Crippen LogP contribution is -2.20. The van der Waals surface area contributed by atoms with Gasteiger partial charge in [-0.1, -0.05) is 19.4 Å². The molecule has 0 atom stereocenters. The van der Waals surface area contributed by atoms with Crippen molar-refractivity contribution in [3.05, 3.63) is 44.8 Å². The molecular weight excluding hydrogens is 232 g/mol. The molecule has 0 radical (unpaired) electrons. The average Bonchev–Trinajstić information content (AvgIpc) is 2.94. The first-order chi connectivity index (χ1) is 8.31.